The molecule has 2 aliphatic rings. The Morgan fingerprint density at radius 2 is 1.67 bits per heavy atom. The molecule has 0 saturated carbocycles. The molecule has 1 saturated heterocycles. The van der Waals surface area contributed by atoms with Crippen molar-refractivity contribution in [2.24, 2.45) is 0 Å². The maximum Gasteiger partial charge on any atom is 0.162 e. The molecule has 1 N–H and O–H groups in total. The third kappa shape index (κ3) is 5.14. The van der Waals surface area contributed by atoms with E-state index in [0.717, 1.165) is 50.0 Å². The van der Waals surface area contributed by atoms with Crippen LogP contribution < -0.4 is 0 Å². The van der Waals surface area contributed by atoms with Crippen molar-refractivity contribution >= 4 is 17.4 Å². The second-order valence-corrected chi connectivity index (χ2v) is 9.39. The molecule has 0 atom stereocenters. The Morgan fingerprint density at radius 3 is 2.40 bits per heavy atom. The zero-order chi connectivity index (χ0) is 21.0. The smallest absolute Gasteiger partial charge is 0.162 e. The van der Waals surface area contributed by atoms with E-state index < -0.39 is 5.60 Å². The highest BCUT2D eigenvalue weighted by Crippen LogP contribution is 2.33. The predicted octanol–water partition coefficient (Wildman–Crippen LogP) is 5.56. The van der Waals surface area contributed by atoms with Crippen LogP contribution >= 0.6 is 11.6 Å². The van der Waals surface area contributed by atoms with E-state index in [9.17, 15) is 9.90 Å². The Morgan fingerprint density at radius 1 is 0.967 bits per heavy atom. The van der Waals surface area contributed by atoms with E-state index >= 15 is 0 Å². The molecule has 3 nitrogen and oxygen atoms in total. The van der Waals surface area contributed by atoms with Gasteiger partial charge < -0.3 is 10.0 Å². The van der Waals surface area contributed by atoms with Crippen LogP contribution in [-0.4, -0.2) is 35.4 Å². The zero-order valence-corrected chi connectivity index (χ0v) is 18.5. The van der Waals surface area contributed by atoms with Crippen molar-refractivity contribution in [2.45, 2.75) is 63.4 Å². The number of ketones is 1. The van der Waals surface area contributed by atoms with E-state index in [1.165, 1.54) is 30.4 Å². The first-order valence-corrected chi connectivity index (χ1v) is 11.8. The summed E-state index contributed by atoms with van der Waals surface area (Å²) in [5.41, 5.74) is 3.89. The summed E-state index contributed by atoms with van der Waals surface area (Å²) in [7, 11) is 0. The standard InChI is InChI=1S/C26H32ClNO2/c27-24-12-10-23(11-13-24)26(30)14-17-28(18-15-26)16-4-7-25(29)22-9-8-20-5-2-1-3-6-21(20)19-22/h8-13,19,30H,1-7,14-18H2. The normalized spacial score (nSPS) is 19.1. The van der Waals surface area contributed by atoms with E-state index in [1.807, 2.05) is 30.3 Å². The lowest BCUT2D eigenvalue weighted by Gasteiger charge is -2.38. The molecular weight excluding hydrogens is 394 g/mol. The Bertz CT molecular complexity index is 869. The van der Waals surface area contributed by atoms with Gasteiger partial charge in [-0.3, -0.25) is 4.79 Å². The molecule has 4 rings (SSSR count). The number of carbonyl (C=O) groups excluding carboxylic acids is 1. The van der Waals surface area contributed by atoms with Crippen LogP contribution in [0.4, 0.5) is 0 Å². The molecule has 0 amide bonds. The number of nitrogens with zero attached hydrogens (tertiary/aromatic N) is 1. The molecule has 0 aromatic heterocycles. The number of aliphatic hydroxyl groups is 1. The molecule has 30 heavy (non-hydrogen) atoms. The van der Waals surface area contributed by atoms with Crippen molar-refractivity contribution < 1.29 is 9.90 Å². The Labute approximate surface area is 185 Å². The van der Waals surface area contributed by atoms with Crippen LogP contribution in [-0.2, 0) is 18.4 Å². The molecule has 160 valence electrons. The lowest BCUT2D eigenvalue weighted by molar-refractivity contribution is -0.0260. The van der Waals surface area contributed by atoms with E-state index in [4.69, 9.17) is 11.6 Å². The minimum absolute atomic E-state index is 0.261. The van der Waals surface area contributed by atoms with Gasteiger partial charge in [0.1, 0.15) is 0 Å². The van der Waals surface area contributed by atoms with Gasteiger partial charge in [0.25, 0.3) is 0 Å². The molecule has 1 aliphatic heterocycles. The molecule has 4 heteroatoms. The average molecular weight is 426 g/mol. The van der Waals surface area contributed by atoms with E-state index in [0.29, 0.717) is 24.3 Å². The van der Waals surface area contributed by atoms with Gasteiger partial charge in [-0.1, -0.05) is 42.3 Å². The predicted molar refractivity (Wildman–Crippen MR) is 122 cm³/mol. The van der Waals surface area contributed by atoms with Crippen molar-refractivity contribution in [1.82, 2.24) is 4.90 Å². The SMILES string of the molecule is O=C(CCCN1CCC(O)(c2ccc(Cl)cc2)CC1)c1ccc2c(c1)CCCCC2. The summed E-state index contributed by atoms with van der Waals surface area (Å²) < 4.78 is 0. The highest BCUT2D eigenvalue weighted by molar-refractivity contribution is 6.30. The lowest BCUT2D eigenvalue weighted by atomic mass is 9.84. The average Bonchev–Trinajstić information content (AvgIpc) is 3.00. The van der Waals surface area contributed by atoms with Gasteiger partial charge in [0.15, 0.2) is 5.78 Å². The third-order valence-corrected chi connectivity index (χ3v) is 7.12. The first kappa shape index (κ1) is 21.5. The topological polar surface area (TPSA) is 40.5 Å². The minimum atomic E-state index is -0.765. The maximum absolute atomic E-state index is 12.7. The lowest BCUT2D eigenvalue weighted by Crippen LogP contribution is -2.42. The molecule has 0 radical (unpaired) electrons. The fourth-order valence-electron chi connectivity index (χ4n) is 4.89. The second kappa shape index (κ2) is 9.64. The molecule has 1 aliphatic carbocycles. The van der Waals surface area contributed by atoms with Crippen LogP contribution in [0.1, 0.15) is 72.0 Å². The number of fused-ring (bicyclic) bond motifs is 1. The van der Waals surface area contributed by atoms with Gasteiger partial charge >= 0.3 is 0 Å². The summed E-state index contributed by atoms with van der Waals surface area (Å²) in [5, 5.41) is 11.7. The van der Waals surface area contributed by atoms with Gasteiger partial charge in [-0.2, -0.15) is 0 Å². The first-order chi connectivity index (χ1) is 14.5. The Balaban J connectivity index is 1.25. The monoisotopic (exact) mass is 425 g/mol. The summed E-state index contributed by atoms with van der Waals surface area (Å²) in [6.07, 6.45) is 8.96. The number of likely N-dealkylation sites (tertiary alicyclic amines) is 1. The summed E-state index contributed by atoms with van der Waals surface area (Å²) in [5.74, 6) is 0.261. The number of hydrogen-bond donors (Lipinski definition) is 1. The minimum Gasteiger partial charge on any atom is -0.385 e. The van der Waals surface area contributed by atoms with E-state index in [-0.39, 0.29) is 5.78 Å². The fraction of sp³-hybridized carbons (Fsp3) is 0.500. The van der Waals surface area contributed by atoms with Crippen LogP contribution in [0.2, 0.25) is 5.02 Å². The fourth-order valence-corrected chi connectivity index (χ4v) is 5.01. The summed E-state index contributed by atoms with van der Waals surface area (Å²) in [6.45, 7) is 2.62. The molecule has 1 heterocycles. The highest BCUT2D eigenvalue weighted by Gasteiger charge is 2.33. The molecule has 0 bridgehead atoms. The quantitative estimate of drug-likeness (QED) is 0.486. The maximum atomic E-state index is 12.7. The Kier molecular flexibility index (Phi) is 6.92. The van der Waals surface area contributed by atoms with Crippen LogP contribution in [0.5, 0.6) is 0 Å². The highest BCUT2D eigenvalue weighted by atomic mass is 35.5. The number of hydrogen-bond acceptors (Lipinski definition) is 3. The van der Waals surface area contributed by atoms with Crippen molar-refractivity contribution in [1.29, 1.82) is 0 Å². The molecule has 0 spiro atoms. The molecule has 1 fully saturated rings. The number of benzene rings is 2. The van der Waals surface area contributed by atoms with Crippen LogP contribution in [0.15, 0.2) is 42.5 Å². The van der Waals surface area contributed by atoms with Gasteiger partial charge in [-0.05, 0) is 86.4 Å². The number of Topliss-reactive ketones (excluding diaryl/α,β-unsaturated/α-hetero) is 1. The summed E-state index contributed by atoms with van der Waals surface area (Å²) in [4.78, 5) is 15.1. The molecule has 0 unspecified atom stereocenters. The number of piperidine rings is 1. The van der Waals surface area contributed by atoms with Gasteiger partial charge in [-0.25, -0.2) is 0 Å². The second-order valence-electron chi connectivity index (χ2n) is 8.95. The number of halogens is 1. The number of carbonyl (C=O) groups is 1. The first-order valence-electron chi connectivity index (χ1n) is 11.4. The van der Waals surface area contributed by atoms with Crippen molar-refractivity contribution in [3.05, 3.63) is 69.7 Å². The van der Waals surface area contributed by atoms with E-state index in [2.05, 4.69) is 17.0 Å². The zero-order valence-electron chi connectivity index (χ0n) is 17.7. The molecule has 2 aromatic carbocycles. The largest absolute Gasteiger partial charge is 0.385 e. The van der Waals surface area contributed by atoms with Gasteiger partial charge in [0.2, 0.25) is 0 Å². The van der Waals surface area contributed by atoms with E-state index in [1.54, 1.807) is 0 Å². The summed E-state index contributed by atoms with van der Waals surface area (Å²) >= 11 is 5.97. The molecule has 2 aromatic rings. The van der Waals surface area contributed by atoms with Gasteiger partial charge in [0.05, 0.1) is 5.60 Å². The molecular formula is C26H32ClNO2. The number of rotatable bonds is 6. The van der Waals surface area contributed by atoms with Gasteiger partial charge in [0, 0.05) is 30.1 Å². The van der Waals surface area contributed by atoms with Crippen LogP contribution in [0, 0.1) is 0 Å². The number of aryl methyl sites for hydroxylation is 2. The van der Waals surface area contributed by atoms with Crippen molar-refractivity contribution in [3.63, 3.8) is 0 Å². The van der Waals surface area contributed by atoms with Crippen molar-refractivity contribution in [3.8, 4) is 0 Å². The summed E-state index contributed by atoms with van der Waals surface area (Å²) in [6, 6.07) is 13.9. The van der Waals surface area contributed by atoms with Crippen molar-refractivity contribution in [2.75, 3.05) is 19.6 Å². The van der Waals surface area contributed by atoms with Gasteiger partial charge in [-0.15, -0.1) is 0 Å². The van der Waals surface area contributed by atoms with Crippen LogP contribution in [0.3, 0.4) is 0 Å². The third-order valence-electron chi connectivity index (χ3n) is 6.86. The van der Waals surface area contributed by atoms with Crippen LogP contribution in [0.25, 0.3) is 0 Å². The Hall–Kier alpha value is -1.68.